The summed E-state index contributed by atoms with van der Waals surface area (Å²) in [5.74, 6) is 1.05. The maximum Gasteiger partial charge on any atom is 0.416 e. The number of aromatic nitrogens is 3. The minimum atomic E-state index is -4.43. The zero-order valence-corrected chi connectivity index (χ0v) is 30.8. The van der Waals surface area contributed by atoms with Gasteiger partial charge in [-0.05, 0) is 86.1 Å². The minimum absolute atomic E-state index is 0.236. The lowest BCUT2D eigenvalue weighted by Crippen LogP contribution is -2.57. The summed E-state index contributed by atoms with van der Waals surface area (Å²) in [6, 6.07) is 16.3. The van der Waals surface area contributed by atoms with Crippen LogP contribution in [0.15, 0.2) is 78.0 Å². The quantitative estimate of drug-likeness (QED) is 0.0897. The molecular formula is C35H39F3N6O6S2. The Morgan fingerprint density at radius 1 is 0.942 bits per heavy atom. The highest BCUT2D eigenvalue weighted by Gasteiger charge is 2.45. The number of hydrogen-bond acceptors (Lipinski definition) is 10. The molecule has 1 fully saturated rings. The number of urea groups is 1. The van der Waals surface area contributed by atoms with Crippen molar-refractivity contribution in [2.24, 2.45) is 4.99 Å². The third-order valence-electron chi connectivity index (χ3n) is 8.20. The number of nitrogens with one attached hydrogen (secondary N) is 2. The fourth-order valence-electron chi connectivity index (χ4n) is 5.49. The van der Waals surface area contributed by atoms with Crippen molar-refractivity contribution in [3.63, 3.8) is 0 Å². The molecular weight excluding hydrogens is 722 g/mol. The number of thioether (sulfide) groups is 2. The van der Waals surface area contributed by atoms with Gasteiger partial charge in [0, 0.05) is 43.4 Å². The van der Waals surface area contributed by atoms with E-state index in [4.69, 9.17) is 23.7 Å². The number of alkyl halides is 3. The maximum atomic E-state index is 13.2. The molecule has 0 saturated carbocycles. The van der Waals surface area contributed by atoms with Crippen LogP contribution >= 0.6 is 23.5 Å². The van der Waals surface area contributed by atoms with Crippen molar-refractivity contribution in [2.45, 2.75) is 49.9 Å². The van der Waals surface area contributed by atoms with Gasteiger partial charge in [-0.3, -0.25) is 0 Å². The van der Waals surface area contributed by atoms with E-state index >= 15 is 0 Å². The van der Waals surface area contributed by atoms with Gasteiger partial charge in [-0.25, -0.2) is 14.5 Å². The summed E-state index contributed by atoms with van der Waals surface area (Å²) in [6.07, 6.45) is -4.28. The van der Waals surface area contributed by atoms with Gasteiger partial charge in [-0.15, -0.1) is 16.9 Å². The molecule has 5 atom stereocenters. The second kappa shape index (κ2) is 17.6. The van der Waals surface area contributed by atoms with Gasteiger partial charge < -0.3 is 34.3 Å². The summed E-state index contributed by atoms with van der Waals surface area (Å²) in [5.41, 5.74) is 2.07. The average molecular weight is 761 g/mol. The molecule has 17 heteroatoms. The standard InChI is InChI=1S/C35H39F3N6O6S2/c1-20-17-26(46-3)15-16-27(20)41-34(52-19-51-32-30(49-6)29(48-5)28(47-4)21(2)50-32)42-33(45)40-24-11-7-22(8-12-24)31-39-18-44(43-31)25-13-9-23(10-14-25)35(36,37)38/h7-18,21,28-30,32H,19H2,1-6H3,(H2,40,41,42,45)/t21-,28-,29+,30+,32-/m0/s1. The molecule has 12 nitrogen and oxygen atoms in total. The molecule has 1 aliphatic rings. The monoisotopic (exact) mass is 760 g/mol. The van der Waals surface area contributed by atoms with Crippen LogP contribution in [0.4, 0.5) is 29.3 Å². The molecule has 1 aliphatic heterocycles. The Labute approximate surface area is 307 Å². The Kier molecular flexibility index (Phi) is 13.2. The van der Waals surface area contributed by atoms with E-state index in [2.05, 4.69) is 25.7 Å². The third kappa shape index (κ3) is 9.64. The Morgan fingerprint density at radius 3 is 2.25 bits per heavy atom. The average Bonchev–Trinajstić information content (AvgIpc) is 3.62. The second-order valence-electron chi connectivity index (χ2n) is 11.5. The predicted octanol–water partition coefficient (Wildman–Crippen LogP) is 7.48. The molecule has 2 N–H and O–H groups in total. The van der Waals surface area contributed by atoms with Crippen molar-refractivity contribution in [2.75, 3.05) is 44.2 Å². The highest BCUT2D eigenvalue weighted by atomic mass is 32.2. The van der Waals surface area contributed by atoms with Crippen molar-refractivity contribution in [1.29, 1.82) is 0 Å². The zero-order chi connectivity index (χ0) is 37.4. The first kappa shape index (κ1) is 39.1. The summed E-state index contributed by atoms with van der Waals surface area (Å²) < 4.78 is 68.9. The largest absolute Gasteiger partial charge is 0.497 e. The number of hydrogen-bond donors (Lipinski definition) is 2. The van der Waals surface area contributed by atoms with Gasteiger partial charge in [0.15, 0.2) is 11.0 Å². The lowest BCUT2D eigenvalue weighted by atomic mass is 10.0. The van der Waals surface area contributed by atoms with Gasteiger partial charge in [-0.1, -0.05) is 11.8 Å². The van der Waals surface area contributed by atoms with Crippen molar-refractivity contribution < 1.29 is 41.7 Å². The number of amides is 2. The van der Waals surface area contributed by atoms with E-state index in [1.165, 1.54) is 46.7 Å². The van der Waals surface area contributed by atoms with E-state index in [1.54, 1.807) is 52.7 Å². The van der Waals surface area contributed by atoms with E-state index < -0.39 is 23.9 Å². The van der Waals surface area contributed by atoms with Crippen molar-refractivity contribution in [3.05, 3.63) is 84.2 Å². The Bertz CT molecular complexity index is 1830. The number of rotatable bonds is 11. The molecule has 0 unspecified atom stereocenters. The van der Waals surface area contributed by atoms with Crippen LogP contribution in [0.1, 0.15) is 18.1 Å². The number of aliphatic imine (C=N–C) groups is 1. The number of methoxy groups -OCH3 is 4. The highest BCUT2D eigenvalue weighted by Crippen LogP contribution is 2.35. The Morgan fingerprint density at radius 2 is 1.63 bits per heavy atom. The minimum Gasteiger partial charge on any atom is -0.497 e. The molecule has 3 aromatic carbocycles. The van der Waals surface area contributed by atoms with Crippen LogP contribution in [-0.2, 0) is 25.1 Å². The smallest absolute Gasteiger partial charge is 0.416 e. The van der Waals surface area contributed by atoms with Crippen molar-refractivity contribution in [1.82, 2.24) is 14.8 Å². The fourth-order valence-corrected chi connectivity index (χ4v) is 7.78. The van der Waals surface area contributed by atoms with Crippen molar-refractivity contribution >= 4 is 46.1 Å². The number of benzene rings is 3. The number of carbonyl (C=O) groups excluding carboxylic acids is 1. The normalized spacial score (nSPS) is 20.8. The molecule has 0 aliphatic carbocycles. The summed E-state index contributed by atoms with van der Waals surface area (Å²) in [4.78, 5) is 21.8. The van der Waals surface area contributed by atoms with Gasteiger partial charge in [0.25, 0.3) is 0 Å². The van der Waals surface area contributed by atoms with Crippen LogP contribution in [0.2, 0.25) is 0 Å². The molecule has 0 bridgehead atoms. The summed E-state index contributed by atoms with van der Waals surface area (Å²) >= 11 is 2.82. The van der Waals surface area contributed by atoms with Crippen LogP contribution in [-0.4, -0.2) is 89.3 Å². The number of anilines is 2. The van der Waals surface area contributed by atoms with Crippen LogP contribution in [0.5, 0.6) is 5.75 Å². The molecule has 278 valence electrons. The van der Waals surface area contributed by atoms with E-state index in [9.17, 15) is 18.0 Å². The van der Waals surface area contributed by atoms with E-state index in [-0.39, 0.29) is 23.7 Å². The fraction of sp³-hybridized carbons (Fsp3) is 0.371. The number of nitrogens with zero attached hydrogens (tertiary/aromatic N) is 4. The van der Waals surface area contributed by atoms with Gasteiger partial charge in [0.1, 0.15) is 35.8 Å². The van der Waals surface area contributed by atoms with Crippen LogP contribution in [0, 0.1) is 6.92 Å². The maximum absolute atomic E-state index is 13.2. The first-order valence-electron chi connectivity index (χ1n) is 15.9. The van der Waals surface area contributed by atoms with Crippen LogP contribution in [0.25, 0.3) is 17.1 Å². The van der Waals surface area contributed by atoms with E-state index in [1.807, 2.05) is 32.0 Å². The first-order chi connectivity index (χ1) is 24.9. The topological polar surface area (TPSA) is 130 Å². The molecule has 2 heterocycles. The number of amidine groups is 1. The molecule has 0 spiro atoms. The summed E-state index contributed by atoms with van der Waals surface area (Å²) in [5, 5.41) is 11.3. The molecule has 52 heavy (non-hydrogen) atoms. The number of carbonyl (C=O) groups is 1. The van der Waals surface area contributed by atoms with Gasteiger partial charge in [-0.2, -0.15) is 18.2 Å². The van der Waals surface area contributed by atoms with Crippen molar-refractivity contribution in [3.8, 4) is 22.8 Å². The molecule has 0 radical (unpaired) electrons. The predicted molar refractivity (Wildman–Crippen MR) is 196 cm³/mol. The number of ether oxygens (including phenoxy) is 5. The number of halogens is 3. The van der Waals surface area contributed by atoms with Crippen LogP contribution in [0.3, 0.4) is 0 Å². The Balaban J connectivity index is 1.27. The summed E-state index contributed by atoms with van der Waals surface area (Å²) in [7, 11) is 6.43. The second-order valence-corrected chi connectivity index (χ2v) is 13.9. The van der Waals surface area contributed by atoms with Crippen LogP contribution < -0.4 is 15.4 Å². The number of aryl methyl sites for hydroxylation is 1. The van der Waals surface area contributed by atoms with Gasteiger partial charge in [0.2, 0.25) is 0 Å². The Hall–Kier alpha value is -4.13. The van der Waals surface area contributed by atoms with Gasteiger partial charge >= 0.3 is 12.2 Å². The van der Waals surface area contributed by atoms with Gasteiger partial charge in [0.05, 0.1) is 24.5 Å². The first-order valence-corrected chi connectivity index (χ1v) is 18.0. The third-order valence-corrected chi connectivity index (χ3v) is 10.4. The highest BCUT2D eigenvalue weighted by molar-refractivity contribution is 8.24. The van der Waals surface area contributed by atoms with E-state index in [0.29, 0.717) is 38.8 Å². The molecule has 2 amide bonds. The lowest BCUT2D eigenvalue weighted by molar-refractivity contribution is -0.216. The molecule has 5 rings (SSSR count). The molecule has 4 aromatic rings. The van der Waals surface area contributed by atoms with E-state index in [0.717, 1.165) is 23.4 Å². The molecule has 1 saturated heterocycles. The summed E-state index contributed by atoms with van der Waals surface area (Å²) in [6.45, 7) is 3.85. The molecule has 1 aromatic heterocycles. The SMILES string of the molecule is COc1ccc(N/C(=N/C(=O)Nc2ccc(-c3ncn(-c4ccc(C(F)(F)F)cc4)n3)cc2)SCS[C@@H]2O[C@@H](C)[C@H](OC)[C@@H](OC)[C@H]2OC)c(C)c1. The lowest BCUT2D eigenvalue weighted by Gasteiger charge is -2.43. The zero-order valence-electron chi connectivity index (χ0n) is 29.2.